The molecule has 2 rings (SSSR count). The summed E-state index contributed by atoms with van der Waals surface area (Å²) in [5.74, 6) is 0.597. The molecule has 0 saturated carbocycles. The predicted molar refractivity (Wildman–Crippen MR) is 64.1 cm³/mol. The van der Waals surface area contributed by atoms with E-state index >= 15 is 0 Å². The van der Waals surface area contributed by atoms with Crippen molar-refractivity contribution >= 4 is 12.6 Å². The second-order valence-electron chi connectivity index (χ2n) is 3.90. The van der Waals surface area contributed by atoms with Crippen LogP contribution in [-0.2, 0) is 4.65 Å². The molecule has 92 valence electrons. The molecule has 6 heteroatoms. The van der Waals surface area contributed by atoms with Gasteiger partial charge in [0.1, 0.15) is 5.75 Å². The van der Waals surface area contributed by atoms with Gasteiger partial charge in [-0.05, 0) is 11.6 Å². The van der Waals surface area contributed by atoms with Crippen LogP contribution in [-0.4, -0.2) is 37.0 Å². The maximum absolute atomic E-state index is 9.81. The Hall–Kier alpha value is -1.08. The summed E-state index contributed by atoms with van der Waals surface area (Å²) in [7, 11) is -0.983. The fourth-order valence-corrected chi connectivity index (χ4v) is 1.96. The van der Waals surface area contributed by atoms with Crippen LogP contribution in [0.15, 0.2) is 18.2 Å². The molecule has 0 amide bonds. The van der Waals surface area contributed by atoms with Crippen LogP contribution in [0, 0.1) is 0 Å². The normalized spacial score (nSPS) is 18.3. The third-order valence-corrected chi connectivity index (χ3v) is 2.76. The van der Waals surface area contributed by atoms with Gasteiger partial charge in [-0.3, -0.25) is 0 Å². The monoisotopic (exact) mass is 237 g/mol. The molecule has 0 radical (unpaired) electrons. The second-order valence-corrected chi connectivity index (χ2v) is 3.90. The van der Waals surface area contributed by atoms with Crippen LogP contribution in [0.4, 0.5) is 0 Å². The van der Waals surface area contributed by atoms with Crippen molar-refractivity contribution in [3.63, 3.8) is 0 Å². The van der Waals surface area contributed by atoms with E-state index in [-0.39, 0.29) is 12.7 Å². The fourth-order valence-electron chi connectivity index (χ4n) is 1.96. The SMILES string of the molecule is NC[C@H]1OB(O)c2c(OCCCO)cccc21. The second kappa shape index (κ2) is 5.51. The number of nitrogens with two attached hydrogens (primary N) is 1. The van der Waals surface area contributed by atoms with Gasteiger partial charge in [0.25, 0.3) is 0 Å². The van der Waals surface area contributed by atoms with Gasteiger partial charge in [-0.25, -0.2) is 0 Å². The Morgan fingerprint density at radius 2 is 2.29 bits per heavy atom. The lowest BCUT2D eigenvalue weighted by molar-refractivity contribution is 0.198. The minimum Gasteiger partial charge on any atom is -0.494 e. The van der Waals surface area contributed by atoms with Gasteiger partial charge in [0.2, 0.25) is 0 Å². The van der Waals surface area contributed by atoms with Crippen molar-refractivity contribution in [3.05, 3.63) is 23.8 Å². The molecule has 0 unspecified atom stereocenters. The van der Waals surface area contributed by atoms with E-state index in [1.165, 1.54) is 0 Å². The van der Waals surface area contributed by atoms with Crippen LogP contribution in [0.3, 0.4) is 0 Å². The molecule has 5 nitrogen and oxygen atoms in total. The van der Waals surface area contributed by atoms with E-state index in [1.54, 1.807) is 6.07 Å². The Labute approximate surface area is 100 Å². The largest absolute Gasteiger partial charge is 0.495 e. The summed E-state index contributed by atoms with van der Waals surface area (Å²) >= 11 is 0. The summed E-state index contributed by atoms with van der Waals surface area (Å²) in [4.78, 5) is 0. The predicted octanol–water partition coefficient (Wildman–Crippen LogP) is -0.835. The van der Waals surface area contributed by atoms with Crippen LogP contribution in [0.5, 0.6) is 5.75 Å². The van der Waals surface area contributed by atoms with Gasteiger partial charge in [-0.2, -0.15) is 0 Å². The molecule has 1 aliphatic rings. The number of ether oxygens (including phenoxy) is 1. The molecule has 0 fully saturated rings. The van der Waals surface area contributed by atoms with Gasteiger partial charge in [0, 0.05) is 25.0 Å². The molecule has 0 aliphatic carbocycles. The molecule has 0 saturated heterocycles. The standard InChI is InChI=1S/C11H16BNO4/c13-7-10-8-3-1-4-9(16-6-2-5-14)11(8)12(15)17-10/h1,3-4,10,14-15H,2,5-7,13H2/t10-/m1/s1. The smallest absolute Gasteiger partial charge is 0.494 e. The van der Waals surface area contributed by atoms with Crippen molar-refractivity contribution < 1.29 is 19.5 Å². The number of aliphatic hydroxyl groups is 1. The molecular weight excluding hydrogens is 221 g/mol. The van der Waals surface area contributed by atoms with E-state index < -0.39 is 7.12 Å². The number of rotatable bonds is 5. The van der Waals surface area contributed by atoms with Crippen LogP contribution in [0.25, 0.3) is 0 Å². The first-order chi connectivity index (χ1) is 8.27. The minimum absolute atomic E-state index is 0.0828. The summed E-state index contributed by atoms with van der Waals surface area (Å²) in [6.45, 7) is 0.816. The van der Waals surface area contributed by atoms with E-state index in [9.17, 15) is 5.02 Å². The van der Waals surface area contributed by atoms with E-state index in [0.717, 1.165) is 5.56 Å². The molecule has 4 N–H and O–H groups in total. The summed E-state index contributed by atoms with van der Waals surface area (Å²) in [5, 5.41) is 18.5. The highest BCUT2D eigenvalue weighted by molar-refractivity contribution is 6.62. The highest BCUT2D eigenvalue weighted by Gasteiger charge is 2.37. The van der Waals surface area contributed by atoms with Gasteiger partial charge in [-0.15, -0.1) is 0 Å². The van der Waals surface area contributed by atoms with Crippen molar-refractivity contribution in [2.75, 3.05) is 19.8 Å². The number of aliphatic hydroxyl groups excluding tert-OH is 1. The zero-order valence-corrected chi connectivity index (χ0v) is 9.50. The van der Waals surface area contributed by atoms with Gasteiger partial charge in [-0.1, -0.05) is 12.1 Å². The summed E-state index contributed by atoms with van der Waals surface area (Å²) in [5.41, 5.74) is 7.10. The molecule has 1 aliphatic heterocycles. The van der Waals surface area contributed by atoms with Gasteiger partial charge >= 0.3 is 7.12 Å². The highest BCUT2D eigenvalue weighted by Crippen LogP contribution is 2.26. The van der Waals surface area contributed by atoms with Crippen molar-refractivity contribution in [1.82, 2.24) is 0 Å². The van der Waals surface area contributed by atoms with Crippen molar-refractivity contribution in [1.29, 1.82) is 0 Å². The zero-order valence-electron chi connectivity index (χ0n) is 9.50. The lowest BCUT2D eigenvalue weighted by Crippen LogP contribution is -2.30. The van der Waals surface area contributed by atoms with Crippen molar-refractivity contribution in [2.45, 2.75) is 12.5 Å². The molecule has 0 spiro atoms. The molecular formula is C11H16BNO4. The van der Waals surface area contributed by atoms with E-state index in [1.807, 2.05) is 12.1 Å². The Balaban J connectivity index is 2.21. The first-order valence-corrected chi connectivity index (χ1v) is 5.68. The Bertz CT molecular complexity index is 388. The van der Waals surface area contributed by atoms with E-state index in [4.69, 9.17) is 20.2 Å². The van der Waals surface area contributed by atoms with Crippen LogP contribution >= 0.6 is 0 Å². The molecule has 1 aromatic carbocycles. The van der Waals surface area contributed by atoms with E-state index in [2.05, 4.69) is 0 Å². The topological polar surface area (TPSA) is 84.9 Å². The first-order valence-electron chi connectivity index (χ1n) is 5.68. The van der Waals surface area contributed by atoms with Crippen molar-refractivity contribution in [3.8, 4) is 5.75 Å². The number of hydrogen-bond acceptors (Lipinski definition) is 5. The summed E-state index contributed by atoms with van der Waals surface area (Å²) < 4.78 is 10.8. The fraction of sp³-hybridized carbons (Fsp3) is 0.455. The number of fused-ring (bicyclic) bond motifs is 1. The maximum atomic E-state index is 9.81. The molecule has 1 atom stereocenters. The third-order valence-electron chi connectivity index (χ3n) is 2.76. The first kappa shape index (κ1) is 12.4. The van der Waals surface area contributed by atoms with Crippen LogP contribution < -0.4 is 15.9 Å². The van der Waals surface area contributed by atoms with Gasteiger partial charge < -0.3 is 25.3 Å². The average Bonchev–Trinajstić information content (AvgIpc) is 2.68. The Kier molecular flexibility index (Phi) is 4.01. The average molecular weight is 237 g/mol. The van der Waals surface area contributed by atoms with Crippen LogP contribution in [0.2, 0.25) is 0 Å². The Morgan fingerprint density at radius 3 is 3.00 bits per heavy atom. The Morgan fingerprint density at radius 1 is 1.47 bits per heavy atom. The molecule has 1 heterocycles. The lowest BCUT2D eigenvalue weighted by atomic mass is 9.78. The molecule has 17 heavy (non-hydrogen) atoms. The summed E-state index contributed by atoms with van der Waals surface area (Å²) in [6.07, 6.45) is 0.280. The van der Waals surface area contributed by atoms with Gasteiger partial charge in [0.05, 0.1) is 12.7 Å². The maximum Gasteiger partial charge on any atom is 0.495 e. The third kappa shape index (κ3) is 2.45. The van der Waals surface area contributed by atoms with Crippen LogP contribution in [0.1, 0.15) is 18.1 Å². The van der Waals surface area contributed by atoms with Gasteiger partial charge in [0.15, 0.2) is 0 Å². The molecule has 0 bridgehead atoms. The summed E-state index contributed by atoms with van der Waals surface area (Å²) in [6, 6.07) is 5.50. The quantitative estimate of drug-likeness (QED) is 0.459. The minimum atomic E-state index is -0.983. The molecule has 0 aromatic heterocycles. The number of benzene rings is 1. The molecule has 1 aromatic rings. The highest BCUT2D eigenvalue weighted by atomic mass is 16.5. The van der Waals surface area contributed by atoms with E-state index in [0.29, 0.717) is 30.8 Å². The van der Waals surface area contributed by atoms with Crippen molar-refractivity contribution in [2.24, 2.45) is 5.73 Å². The zero-order chi connectivity index (χ0) is 12.3. The lowest BCUT2D eigenvalue weighted by Gasteiger charge is -2.11. The number of hydrogen-bond donors (Lipinski definition) is 3.